The molecule has 7 aromatic carbocycles. The van der Waals surface area contributed by atoms with Crippen LogP contribution in [0, 0.1) is 5.82 Å². The van der Waals surface area contributed by atoms with Crippen LogP contribution in [0.5, 0.6) is 28.7 Å². The normalized spacial score (nSPS) is 11.0. The number of carbonyl (C=O) groups excluding carboxylic acids is 7. The number of alkyl halides is 3. The fourth-order valence-electron chi connectivity index (χ4n) is 13.4. The number of carbonyl (C=O) groups is 7. The second-order valence-corrected chi connectivity index (χ2v) is 33.3. The lowest BCUT2D eigenvalue weighted by molar-refractivity contribution is -0.274. The van der Waals surface area contributed by atoms with E-state index < -0.39 is 70.0 Å². The van der Waals surface area contributed by atoms with Crippen LogP contribution in [0.25, 0.3) is 0 Å². The minimum atomic E-state index is -4.75. The Morgan fingerprint density at radius 2 is 0.662 bits per heavy atom. The molecule has 1 aliphatic rings. The minimum Gasteiger partial charge on any atom is -0.496 e. The SMILES string of the molecule is CC(C)(Cc1ncc(C(=O)CO)cn1)c1ccccc1.COc1cc(F)ccc1CCc1ncc(C(=O)CO)cn1.COc1ccccc1CCc1ncc(C(=O)CO)cn1.O=C(CO)c1cnc(CCCc2ccc(Cl)cc2)nc1.O=C(CO)c1cnc(CCc2c(Cl)cccc2Cl)nc1.O=C(CO)c1cnc(CCc2ccc3c(c2)OCO3)nc1.O=C(CO)c1cnc(CCc2ccccc2OC(F)(F)F)nc1. The number of hydrogen-bond donors (Lipinski definition) is 7. The Kier molecular flexibility index (Phi) is 46.5. The smallest absolute Gasteiger partial charge is 0.496 e. The highest BCUT2D eigenvalue weighted by Crippen LogP contribution is 2.34. The zero-order valence-corrected chi connectivity index (χ0v) is 81.4. The molecule has 0 spiro atoms. The number of aromatic nitrogens is 14. The van der Waals surface area contributed by atoms with Gasteiger partial charge in [0.15, 0.2) is 52.0 Å². The van der Waals surface area contributed by atoms with E-state index >= 15 is 0 Å². The Hall–Kier alpha value is -14.9. The first-order chi connectivity index (χ1) is 69.8. The number of hydrogen-bond acceptors (Lipinski definition) is 33. The van der Waals surface area contributed by atoms with Gasteiger partial charge in [0.2, 0.25) is 6.79 Å². The molecule has 0 bridgehead atoms. The number of para-hydroxylation sites is 2. The van der Waals surface area contributed by atoms with Crippen LogP contribution in [-0.4, -0.2) is 220 Å². The molecule has 0 radical (unpaired) electrons. The predicted octanol–water partition coefficient (Wildman–Crippen LogP) is 13.9. The van der Waals surface area contributed by atoms with E-state index in [9.17, 15) is 51.1 Å². The number of fused-ring (bicyclic) bond motifs is 1. The van der Waals surface area contributed by atoms with Crippen molar-refractivity contribution in [3.8, 4) is 28.7 Å². The van der Waals surface area contributed by atoms with Gasteiger partial charge in [0.25, 0.3) is 0 Å². The van der Waals surface area contributed by atoms with E-state index in [-0.39, 0.29) is 70.9 Å². The second-order valence-electron chi connectivity index (χ2n) is 32.0. The van der Waals surface area contributed by atoms with Crippen molar-refractivity contribution in [1.82, 2.24) is 69.8 Å². The standard InChI is InChI=1S/C16H18N2O2.C15H15ClN2O2.C15H13F3N2O3.C15H15FN2O3.C15H14N2O4.C15H16N2O3.C14H12Cl2N2O2/c1-16(2,13-6-4-3-5-7-13)8-15-17-9-12(10-18-15)14(20)11-19;16-13-6-4-11(5-7-13)2-1-3-15-17-8-12(9-18-15)14(20)10-19;16-15(17,18)23-13-4-2-1-3-10(13)5-6-14-19-7-11(8-20-14)12(22)9-21;1-21-14-6-12(16)4-2-10(14)3-5-15-17-7-11(8-18-15)13(20)9-19;18-8-12(19)11-6-16-15(17-7-11)4-2-10-1-3-13-14(5-10)21-9-20-13;1-20-14-5-3-2-4-11(14)6-7-15-16-8-12(9-17-15)13(19)10-18;15-11-2-1-3-12(16)10(11)4-5-14-17-6-9(7-18-14)13(20)8-19/h3-7,9-10,19H,8,11H2,1-2H3;4-9,19H,1-3,10H2;1-4,7-8,21H,5-6,9H2;2,4,6-8,19H,3,5,9H2,1H3;1,3,5-7,18H,2,4,8-9H2;2-5,8-9,18H,6-7,10H2,1H3;1-3,6-7,19H,4-5,8H2. The molecule has 0 aliphatic carbocycles. The number of aryl methyl sites for hydroxylation is 11. The van der Waals surface area contributed by atoms with E-state index in [0.717, 1.165) is 76.6 Å². The topological polar surface area (TPSA) is 488 Å². The van der Waals surface area contributed by atoms with Crippen molar-refractivity contribution in [2.45, 2.75) is 116 Å². The Morgan fingerprint density at radius 3 is 1.05 bits per heavy atom. The summed E-state index contributed by atoms with van der Waals surface area (Å²) in [5, 5.41) is 63.2. The number of aliphatic hydroxyl groups is 7. The van der Waals surface area contributed by atoms with Crippen molar-refractivity contribution in [1.29, 1.82) is 0 Å². The van der Waals surface area contributed by atoms with Gasteiger partial charge in [0.1, 0.15) is 110 Å². The molecule has 7 aromatic heterocycles. The molecule has 0 saturated carbocycles. The van der Waals surface area contributed by atoms with Gasteiger partial charge in [0, 0.05) is 153 Å². The van der Waals surface area contributed by atoms with Crippen LogP contribution in [-0.2, 0) is 88.9 Å². The molecule has 14 aromatic rings. The van der Waals surface area contributed by atoms with Gasteiger partial charge in [-0.2, -0.15) is 0 Å². The van der Waals surface area contributed by atoms with Gasteiger partial charge in [-0.05, 0) is 144 Å². The number of benzene rings is 7. The van der Waals surface area contributed by atoms with E-state index in [1.54, 1.807) is 37.4 Å². The maximum atomic E-state index is 13.1. The minimum absolute atomic E-state index is 0.0796. The number of methoxy groups -OCH3 is 2. The van der Waals surface area contributed by atoms with Gasteiger partial charge in [-0.3, -0.25) is 33.6 Å². The van der Waals surface area contributed by atoms with Crippen LogP contribution in [0.15, 0.2) is 244 Å². The summed E-state index contributed by atoms with van der Waals surface area (Å²) >= 11 is 18.0. The third-order valence-electron chi connectivity index (χ3n) is 21.4. The molecule has 0 fully saturated rings. The molecule has 0 atom stereocenters. The summed E-state index contributed by atoms with van der Waals surface area (Å²) < 4.78 is 75.1. The number of halogens is 7. The average Bonchev–Trinajstić information content (AvgIpc) is 1.80. The third kappa shape index (κ3) is 38.1. The lowest BCUT2D eigenvalue weighted by Gasteiger charge is -2.24. The second kappa shape index (κ2) is 59.2. The van der Waals surface area contributed by atoms with Crippen LogP contribution >= 0.6 is 34.8 Å². The lowest BCUT2D eigenvalue weighted by Crippen LogP contribution is -2.22. The lowest BCUT2D eigenvalue weighted by atomic mass is 9.81. The first-order valence-electron chi connectivity index (χ1n) is 44.9. The summed E-state index contributed by atoms with van der Waals surface area (Å²) in [5.74, 6) is 3.71. The Bertz CT molecular complexity index is 6490. The van der Waals surface area contributed by atoms with Gasteiger partial charge in [-0.25, -0.2) is 74.2 Å². The van der Waals surface area contributed by atoms with E-state index in [1.807, 2.05) is 84.9 Å². The van der Waals surface area contributed by atoms with Crippen molar-refractivity contribution in [3.63, 3.8) is 0 Å². The van der Waals surface area contributed by atoms with Gasteiger partial charge in [-0.1, -0.05) is 146 Å². The Labute approximate surface area is 846 Å². The molecule has 0 unspecified atom stereocenters. The summed E-state index contributed by atoms with van der Waals surface area (Å²) in [6.07, 6.45) is 24.0. The van der Waals surface area contributed by atoms with E-state index in [1.165, 1.54) is 135 Å². The third-order valence-corrected chi connectivity index (χ3v) is 22.3. The first-order valence-corrected chi connectivity index (χ1v) is 46.0. The summed E-state index contributed by atoms with van der Waals surface area (Å²) in [6.45, 7) is 0.721. The molecule has 7 N–H and O–H groups in total. The van der Waals surface area contributed by atoms with Gasteiger partial charge in [-0.15, -0.1) is 13.2 Å². The summed E-state index contributed by atoms with van der Waals surface area (Å²) in [7, 11) is 3.13. The molecule has 145 heavy (non-hydrogen) atoms. The summed E-state index contributed by atoms with van der Waals surface area (Å²) in [4.78, 5) is 136. The highest BCUT2D eigenvalue weighted by Gasteiger charge is 2.32. The highest BCUT2D eigenvalue weighted by molar-refractivity contribution is 6.36. The zero-order valence-electron chi connectivity index (χ0n) is 79.1. The molecule has 0 saturated heterocycles. The van der Waals surface area contributed by atoms with Crippen LogP contribution in [0.4, 0.5) is 17.6 Å². The number of Topliss-reactive ketones (excluding diaryl/α,β-unsaturated/α-hetero) is 7. The molecule has 0 amide bonds. The molecular weight excluding hydrogens is 1940 g/mol. The number of aliphatic hydroxyl groups excluding tert-OH is 7. The fraction of sp³-hybridized carbons (Fsp3) is 0.267. The Morgan fingerprint density at radius 1 is 0.331 bits per heavy atom. The van der Waals surface area contributed by atoms with E-state index in [0.29, 0.717) is 135 Å². The number of rotatable bonds is 39. The Balaban J connectivity index is 0.000000188. The summed E-state index contributed by atoms with van der Waals surface area (Å²) in [5.41, 5.74) is 8.75. The van der Waals surface area contributed by atoms with Crippen molar-refractivity contribution in [2.75, 3.05) is 67.3 Å². The van der Waals surface area contributed by atoms with Crippen LogP contribution in [0.1, 0.15) is 172 Å². The van der Waals surface area contributed by atoms with Gasteiger partial charge >= 0.3 is 6.36 Å². The molecule has 33 nitrogen and oxygen atoms in total. The summed E-state index contributed by atoms with van der Waals surface area (Å²) in [6, 6.07) is 47.2. The van der Waals surface area contributed by atoms with Crippen LogP contribution in [0.3, 0.4) is 0 Å². The molecule has 1 aliphatic heterocycles. The van der Waals surface area contributed by atoms with Crippen molar-refractivity contribution in [3.05, 3.63) is 384 Å². The molecular formula is C105H103Cl3F4N14O19. The highest BCUT2D eigenvalue weighted by atomic mass is 35.5. The largest absolute Gasteiger partial charge is 0.573 e. The average molecular weight is 2050 g/mol. The van der Waals surface area contributed by atoms with Crippen LogP contribution < -0.4 is 23.7 Å². The van der Waals surface area contributed by atoms with Crippen LogP contribution in [0.2, 0.25) is 15.1 Å². The maximum absolute atomic E-state index is 13.1. The number of ketones is 7. The number of nitrogens with zero attached hydrogens (tertiary/aromatic N) is 14. The molecule has 15 rings (SSSR count). The van der Waals surface area contributed by atoms with E-state index in [4.69, 9.17) is 89.5 Å². The predicted molar refractivity (Wildman–Crippen MR) is 526 cm³/mol. The fourth-order valence-corrected chi connectivity index (χ4v) is 14.1. The van der Waals surface area contributed by atoms with Gasteiger partial charge in [0.05, 0.1) is 53.2 Å². The molecule has 756 valence electrons. The van der Waals surface area contributed by atoms with Crippen molar-refractivity contribution >= 4 is 75.3 Å². The first kappa shape index (κ1) is 114. The van der Waals surface area contributed by atoms with Crippen molar-refractivity contribution in [2.24, 2.45) is 0 Å². The number of ether oxygens (including phenoxy) is 5. The zero-order chi connectivity index (χ0) is 105. The van der Waals surface area contributed by atoms with E-state index in [2.05, 4.69) is 100 Å². The van der Waals surface area contributed by atoms with Crippen molar-refractivity contribution < 1.29 is 111 Å². The quantitative estimate of drug-likeness (QED) is 0.0139. The molecule has 40 heteroatoms. The maximum Gasteiger partial charge on any atom is 0.573 e. The van der Waals surface area contributed by atoms with Gasteiger partial charge < -0.3 is 59.4 Å². The molecule has 8 heterocycles. The monoisotopic (exact) mass is 2040 g/mol.